The highest BCUT2D eigenvalue weighted by Crippen LogP contribution is 2.23. The van der Waals surface area contributed by atoms with E-state index in [1.54, 1.807) is 30.1 Å². The Bertz CT molecular complexity index is 707. The Morgan fingerprint density at radius 1 is 1.21 bits per heavy atom. The summed E-state index contributed by atoms with van der Waals surface area (Å²) in [7, 11) is 1.69. The van der Waals surface area contributed by atoms with E-state index in [-0.39, 0.29) is 19.0 Å². The molecule has 0 aliphatic heterocycles. The molecule has 0 fully saturated rings. The molecule has 0 atom stereocenters. The number of anilines is 1. The lowest BCUT2D eigenvalue weighted by Gasteiger charge is -2.17. The van der Waals surface area contributed by atoms with Gasteiger partial charge in [0, 0.05) is 18.2 Å². The molecule has 24 heavy (non-hydrogen) atoms. The molecule has 1 amide bonds. The van der Waals surface area contributed by atoms with E-state index < -0.39 is 11.6 Å². The van der Waals surface area contributed by atoms with Crippen LogP contribution in [0.4, 0.5) is 14.5 Å². The summed E-state index contributed by atoms with van der Waals surface area (Å²) in [6, 6.07) is 10.6. The first-order valence-corrected chi connectivity index (χ1v) is 7.63. The van der Waals surface area contributed by atoms with Gasteiger partial charge in [0.15, 0.2) is 0 Å². The fraction of sp³-hybridized carbons (Fsp3) is 0.278. The molecule has 1 N–H and O–H groups in total. The number of halogens is 2. The van der Waals surface area contributed by atoms with Gasteiger partial charge in [-0.2, -0.15) is 0 Å². The van der Waals surface area contributed by atoms with Gasteiger partial charge >= 0.3 is 0 Å². The van der Waals surface area contributed by atoms with Crippen LogP contribution in [0.15, 0.2) is 42.5 Å². The number of amides is 1. The number of hydrogen-bond donors (Lipinski definition) is 1. The minimum atomic E-state index is -0.621. The monoisotopic (exact) mass is 334 g/mol. The average Bonchev–Trinajstić information content (AvgIpc) is 2.52. The van der Waals surface area contributed by atoms with Crippen LogP contribution < -0.4 is 10.1 Å². The van der Waals surface area contributed by atoms with Gasteiger partial charge in [-0.05, 0) is 32.2 Å². The van der Waals surface area contributed by atoms with E-state index in [1.165, 1.54) is 12.1 Å². The first kappa shape index (κ1) is 17.9. The molecular weight excluding hydrogens is 314 g/mol. The van der Waals surface area contributed by atoms with Gasteiger partial charge in [0.25, 0.3) is 0 Å². The maximum absolute atomic E-state index is 13.6. The Morgan fingerprint density at radius 2 is 1.96 bits per heavy atom. The quantitative estimate of drug-likeness (QED) is 0.843. The molecule has 4 nitrogen and oxygen atoms in total. The zero-order valence-corrected chi connectivity index (χ0v) is 13.7. The van der Waals surface area contributed by atoms with E-state index in [9.17, 15) is 13.6 Å². The average molecular weight is 334 g/mol. The first-order valence-electron chi connectivity index (χ1n) is 7.63. The van der Waals surface area contributed by atoms with Crippen molar-refractivity contribution in [3.05, 3.63) is 59.7 Å². The van der Waals surface area contributed by atoms with Crippen LogP contribution in [0.25, 0.3) is 0 Å². The van der Waals surface area contributed by atoms with Gasteiger partial charge in [-0.3, -0.25) is 9.69 Å². The van der Waals surface area contributed by atoms with Crippen molar-refractivity contribution in [2.45, 2.75) is 13.5 Å². The topological polar surface area (TPSA) is 41.6 Å². The summed E-state index contributed by atoms with van der Waals surface area (Å²) < 4.78 is 32.0. The highest BCUT2D eigenvalue weighted by molar-refractivity contribution is 5.93. The lowest BCUT2D eigenvalue weighted by molar-refractivity contribution is -0.117. The highest BCUT2D eigenvalue weighted by atomic mass is 19.1. The number of carbonyl (C=O) groups is 1. The third kappa shape index (κ3) is 5.03. The highest BCUT2D eigenvalue weighted by Gasteiger charge is 2.12. The number of hydrogen-bond acceptors (Lipinski definition) is 3. The maximum atomic E-state index is 13.6. The van der Waals surface area contributed by atoms with Gasteiger partial charge in [-0.1, -0.05) is 18.2 Å². The third-order valence-electron chi connectivity index (χ3n) is 3.33. The van der Waals surface area contributed by atoms with Crippen molar-refractivity contribution in [3.63, 3.8) is 0 Å². The second kappa shape index (κ2) is 8.40. The van der Waals surface area contributed by atoms with Crippen molar-refractivity contribution in [3.8, 4) is 5.75 Å². The lowest BCUT2D eigenvalue weighted by atomic mass is 10.2. The Balaban J connectivity index is 1.94. The molecule has 0 aliphatic carbocycles. The molecular formula is C18H20F2N2O2. The van der Waals surface area contributed by atoms with Crippen LogP contribution in [0, 0.1) is 11.6 Å². The normalized spacial score (nSPS) is 10.7. The van der Waals surface area contributed by atoms with Crippen molar-refractivity contribution in [2.24, 2.45) is 0 Å². The van der Waals surface area contributed by atoms with E-state index in [1.807, 2.05) is 13.0 Å². The first-order chi connectivity index (χ1) is 11.5. The Hall–Kier alpha value is -2.47. The number of carbonyl (C=O) groups excluding carboxylic acids is 1. The van der Waals surface area contributed by atoms with Crippen LogP contribution in [-0.4, -0.2) is 31.0 Å². The summed E-state index contributed by atoms with van der Waals surface area (Å²) in [5.41, 5.74) is 0.923. The molecule has 0 unspecified atom stereocenters. The number of likely N-dealkylation sites (N-methyl/N-ethyl adjacent to an activating group) is 1. The smallest absolute Gasteiger partial charge is 0.238 e. The number of rotatable bonds is 7. The molecule has 0 bridgehead atoms. The largest absolute Gasteiger partial charge is 0.492 e. The molecule has 2 aromatic carbocycles. The molecule has 6 heteroatoms. The van der Waals surface area contributed by atoms with Gasteiger partial charge in [0.2, 0.25) is 5.91 Å². The van der Waals surface area contributed by atoms with Crippen molar-refractivity contribution in [2.75, 3.05) is 25.5 Å². The number of nitrogens with zero attached hydrogens (tertiary/aromatic N) is 1. The minimum absolute atomic E-state index is 0.0667. The number of ether oxygens (including phenoxy) is 1. The van der Waals surface area contributed by atoms with Crippen LogP contribution in [0.5, 0.6) is 5.75 Å². The molecule has 0 aliphatic rings. The molecule has 2 rings (SSSR count). The van der Waals surface area contributed by atoms with E-state index in [0.29, 0.717) is 23.6 Å². The predicted octanol–water partition coefficient (Wildman–Crippen LogP) is 3.43. The number of nitrogens with one attached hydrogen (secondary N) is 1. The summed E-state index contributed by atoms with van der Waals surface area (Å²) in [5.74, 6) is -0.888. The Labute approximate surface area is 140 Å². The summed E-state index contributed by atoms with van der Waals surface area (Å²) in [6.45, 7) is 2.63. The van der Waals surface area contributed by atoms with Gasteiger partial charge in [0.05, 0.1) is 18.8 Å². The van der Waals surface area contributed by atoms with Crippen LogP contribution >= 0.6 is 0 Å². The molecule has 0 heterocycles. The Kier molecular flexibility index (Phi) is 6.26. The Morgan fingerprint density at radius 3 is 2.67 bits per heavy atom. The molecule has 128 valence electrons. The van der Waals surface area contributed by atoms with Crippen molar-refractivity contribution < 1.29 is 18.3 Å². The van der Waals surface area contributed by atoms with E-state index in [0.717, 1.165) is 6.07 Å². The second-order valence-electron chi connectivity index (χ2n) is 5.39. The number of para-hydroxylation sites is 2. The SMILES string of the molecule is CCOc1ccccc1NC(=O)CN(C)Cc1ccc(F)cc1F. The molecule has 2 aromatic rings. The standard InChI is InChI=1S/C18H20F2N2O2/c1-3-24-17-7-5-4-6-16(17)21-18(23)12-22(2)11-13-8-9-14(19)10-15(13)20/h4-10H,3,11-12H2,1-2H3,(H,21,23). The van der Waals surface area contributed by atoms with Crippen molar-refractivity contribution in [1.29, 1.82) is 0 Å². The fourth-order valence-electron chi connectivity index (χ4n) is 2.28. The van der Waals surface area contributed by atoms with Gasteiger partial charge in [-0.25, -0.2) is 8.78 Å². The molecule has 0 spiro atoms. The van der Waals surface area contributed by atoms with Crippen LogP contribution in [0.1, 0.15) is 12.5 Å². The zero-order valence-electron chi connectivity index (χ0n) is 13.7. The maximum Gasteiger partial charge on any atom is 0.238 e. The van der Waals surface area contributed by atoms with E-state index in [2.05, 4.69) is 5.32 Å². The van der Waals surface area contributed by atoms with Crippen LogP contribution in [0.3, 0.4) is 0 Å². The fourth-order valence-corrected chi connectivity index (χ4v) is 2.28. The van der Waals surface area contributed by atoms with Crippen molar-refractivity contribution >= 4 is 11.6 Å². The van der Waals surface area contributed by atoms with E-state index in [4.69, 9.17) is 4.74 Å². The third-order valence-corrected chi connectivity index (χ3v) is 3.33. The molecule has 0 saturated carbocycles. The molecule has 0 aromatic heterocycles. The summed E-state index contributed by atoms with van der Waals surface area (Å²) >= 11 is 0. The summed E-state index contributed by atoms with van der Waals surface area (Å²) in [6.07, 6.45) is 0. The van der Waals surface area contributed by atoms with Gasteiger partial charge in [0.1, 0.15) is 17.4 Å². The number of benzene rings is 2. The van der Waals surface area contributed by atoms with Gasteiger partial charge in [-0.15, -0.1) is 0 Å². The predicted molar refractivity (Wildman–Crippen MR) is 88.9 cm³/mol. The van der Waals surface area contributed by atoms with Crippen LogP contribution in [-0.2, 0) is 11.3 Å². The zero-order chi connectivity index (χ0) is 17.5. The van der Waals surface area contributed by atoms with Crippen molar-refractivity contribution in [1.82, 2.24) is 4.90 Å². The lowest BCUT2D eigenvalue weighted by Crippen LogP contribution is -2.30. The summed E-state index contributed by atoms with van der Waals surface area (Å²) in [4.78, 5) is 13.8. The second-order valence-corrected chi connectivity index (χ2v) is 5.39. The van der Waals surface area contributed by atoms with E-state index >= 15 is 0 Å². The molecule has 0 saturated heterocycles. The van der Waals surface area contributed by atoms with Crippen LogP contribution in [0.2, 0.25) is 0 Å². The minimum Gasteiger partial charge on any atom is -0.492 e. The molecule has 0 radical (unpaired) electrons. The van der Waals surface area contributed by atoms with Gasteiger partial charge < -0.3 is 10.1 Å². The summed E-state index contributed by atoms with van der Waals surface area (Å²) in [5, 5.41) is 2.78.